The first-order valence-corrected chi connectivity index (χ1v) is 10.8. The Hall–Kier alpha value is -2.22. The summed E-state index contributed by atoms with van der Waals surface area (Å²) in [5, 5.41) is 23.0. The number of benzene rings is 1. The fraction of sp³-hybridized carbons (Fsp3) is 0.444. The van der Waals surface area contributed by atoms with E-state index in [1.807, 2.05) is 42.0 Å². The second-order valence-electron chi connectivity index (χ2n) is 6.13. The summed E-state index contributed by atoms with van der Waals surface area (Å²) in [6, 6.07) is 5.54. The van der Waals surface area contributed by atoms with E-state index in [0.29, 0.717) is 13.2 Å². The number of aryl methyl sites for hydroxylation is 1. The molecule has 1 aromatic heterocycles. The highest BCUT2D eigenvalue weighted by atomic mass is 32.2. The molecule has 8 nitrogen and oxygen atoms in total. The van der Waals surface area contributed by atoms with Crippen LogP contribution in [0.15, 0.2) is 28.3 Å². The van der Waals surface area contributed by atoms with E-state index in [1.54, 1.807) is 0 Å². The van der Waals surface area contributed by atoms with Crippen molar-refractivity contribution in [2.75, 3.05) is 42.3 Å². The molecule has 28 heavy (non-hydrogen) atoms. The summed E-state index contributed by atoms with van der Waals surface area (Å²) in [6.45, 7) is 7.65. The Bertz CT molecular complexity index is 873. The van der Waals surface area contributed by atoms with Gasteiger partial charge >= 0.3 is 0 Å². The molecular weight excluding hydrogens is 396 g/mol. The molecule has 0 radical (unpaired) electrons. The minimum Gasteiger partial charge on any atom is -0.378 e. The maximum Gasteiger partial charge on any atom is 0.234 e. The third-order valence-corrected chi connectivity index (χ3v) is 5.82. The van der Waals surface area contributed by atoms with Gasteiger partial charge in [-0.05, 0) is 49.4 Å². The van der Waals surface area contributed by atoms with Crippen molar-refractivity contribution in [3.05, 3.63) is 23.8 Å². The third-order valence-electron chi connectivity index (χ3n) is 4.28. The van der Waals surface area contributed by atoms with Crippen molar-refractivity contribution in [3.8, 4) is 5.40 Å². The summed E-state index contributed by atoms with van der Waals surface area (Å²) in [7, 11) is 0. The van der Waals surface area contributed by atoms with E-state index in [4.69, 9.17) is 10.00 Å². The third kappa shape index (κ3) is 4.98. The molecule has 1 fully saturated rings. The largest absolute Gasteiger partial charge is 0.378 e. The molecule has 1 N–H and O–H groups in total. The molecule has 1 aliphatic heterocycles. The molecule has 3 rings (SSSR count). The van der Waals surface area contributed by atoms with Crippen LogP contribution in [0, 0.1) is 17.6 Å². The molecule has 0 aliphatic carbocycles. The molecule has 0 spiro atoms. The number of aromatic nitrogens is 3. The number of anilines is 2. The van der Waals surface area contributed by atoms with Gasteiger partial charge in [0.05, 0.1) is 19.0 Å². The van der Waals surface area contributed by atoms with Crippen LogP contribution in [-0.4, -0.2) is 52.7 Å². The zero-order valence-electron chi connectivity index (χ0n) is 15.8. The molecular formula is C18H22N6O2S2. The van der Waals surface area contributed by atoms with Crippen LogP contribution >= 0.6 is 23.5 Å². The number of morpholine rings is 1. The van der Waals surface area contributed by atoms with Crippen LogP contribution < -0.4 is 10.2 Å². The van der Waals surface area contributed by atoms with E-state index >= 15 is 0 Å². The molecule has 148 valence electrons. The summed E-state index contributed by atoms with van der Waals surface area (Å²) < 4.78 is 7.42. The molecule has 2 heterocycles. The van der Waals surface area contributed by atoms with Gasteiger partial charge in [0.2, 0.25) is 11.9 Å². The van der Waals surface area contributed by atoms with E-state index in [-0.39, 0.29) is 11.7 Å². The number of ether oxygens (including phenoxy) is 1. The zero-order valence-corrected chi connectivity index (χ0v) is 17.5. The summed E-state index contributed by atoms with van der Waals surface area (Å²) in [5.74, 6) is 0.970. The monoisotopic (exact) mass is 418 g/mol. The van der Waals surface area contributed by atoms with Crippen LogP contribution in [0.4, 0.5) is 11.6 Å². The maximum atomic E-state index is 12.4. The lowest BCUT2D eigenvalue weighted by molar-refractivity contribution is -0.113. The van der Waals surface area contributed by atoms with Gasteiger partial charge in [0.25, 0.3) is 0 Å². The smallest absolute Gasteiger partial charge is 0.234 e. The Labute approximate surface area is 172 Å². The number of amides is 1. The molecule has 0 atom stereocenters. The van der Waals surface area contributed by atoms with Gasteiger partial charge in [-0.25, -0.2) is 0 Å². The first-order valence-electron chi connectivity index (χ1n) is 8.97. The number of carbonyl (C=O) groups excluding carboxylic acids is 1. The van der Waals surface area contributed by atoms with Gasteiger partial charge in [-0.15, -0.1) is 10.2 Å². The topological polar surface area (TPSA) is 96.1 Å². The molecule has 1 aromatic carbocycles. The van der Waals surface area contributed by atoms with Crippen molar-refractivity contribution < 1.29 is 9.53 Å². The van der Waals surface area contributed by atoms with Crippen molar-refractivity contribution in [1.29, 1.82) is 5.26 Å². The van der Waals surface area contributed by atoms with Gasteiger partial charge in [0.15, 0.2) is 5.16 Å². The Balaban J connectivity index is 1.60. The van der Waals surface area contributed by atoms with Gasteiger partial charge in [-0.2, -0.15) is 5.26 Å². The van der Waals surface area contributed by atoms with E-state index in [0.717, 1.165) is 58.6 Å². The number of thioether (sulfide) groups is 2. The van der Waals surface area contributed by atoms with Crippen LogP contribution in [0.1, 0.15) is 12.5 Å². The lowest BCUT2D eigenvalue weighted by Crippen LogP contribution is -2.38. The Morgan fingerprint density at radius 2 is 2.14 bits per heavy atom. The predicted octanol–water partition coefficient (Wildman–Crippen LogP) is 2.75. The second-order valence-corrected chi connectivity index (χ2v) is 7.93. The minimum absolute atomic E-state index is 0.104. The van der Waals surface area contributed by atoms with E-state index in [9.17, 15) is 4.79 Å². The van der Waals surface area contributed by atoms with Crippen molar-refractivity contribution >= 4 is 41.1 Å². The summed E-state index contributed by atoms with van der Waals surface area (Å²) in [5.41, 5.74) is 1.67. The highest BCUT2D eigenvalue weighted by Crippen LogP contribution is 2.25. The Morgan fingerprint density at radius 3 is 2.82 bits per heavy atom. The number of hydrogen-bond donors (Lipinski definition) is 1. The highest BCUT2D eigenvalue weighted by molar-refractivity contribution is 8.03. The average Bonchev–Trinajstić information content (AvgIpc) is 3.12. The number of thiocyanates is 1. The first-order chi connectivity index (χ1) is 13.6. The van der Waals surface area contributed by atoms with Crippen molar-refractivity contribution in [1.82, 2.24) is 14.8 Å². The van der Waals surface area contributed by atoms with Crippen LogP contribution in [0.2, 0.25) is 0 Å². The van der Waals surface area contributed by atoms with E-state index in [1.165, 1.54) is 11.8 Å². The fourth-order valence-corrected chi connectivity index (χ4v) is 4.15. The Kier molecular flexibility index (Phi) is 7.19. The average molecular weight is 419 g/mol. The molecule has 1 amide bonds. The van der Waals surface area contributed by atoms with Crippen molar-refractivity contribution in [2.45, 2.75) is 30.4 Å². The van der Waals surface area contributed by atoms with E-state index in [2.05, 4.69) is 20.4 Å². The molecule has 2 aromatic rings. The van der Waals surface area contributed by atoms with Crippen molar-refractivity contribution in [3.63, 3.8) is 0 Å². The summed E-state index contributed by atoms with van der Waals surface area (Å²) >= 11 is 2.47. The lowest BCUT2D eigenvalue weighted by atomic mass is 10.2. The van der Waals surface area contributed by atoms with Gasteiger partial charge < -0.3 is 15.0 Å². The van der Waals surface area contributed by atoms with Gasteiger partial charge in [-0.3, -0.25) is 9.36 Å². The number of nitrogens with one attached hydrogen (secondary N) is 1. The minimum atomic E-state index is -0.104. The van der Waals surface area contributed by atoms with Gasteiger partial charge in [0.1, 0.15) is 5.40 Å². The molecule has 1 saturated heterocycles. The summed E-state index contributed by atoms with van der Waals surface area (Å²) in [6.07, 6.45) is 0. The number of carbonyl (C=O) groups is 1. The molecule has 1 aliphatic rings. The second kappa shape index (κ2) is 9.82. The molecule has 0 saturated carbocycles. The number of rotatable bonds is 7. The lowest BCUT2D eigenvalue weighted by Gasteiger charge is -2.27. The van der Waals surface area contributed by atoms with Crippen molar-refractivity contribution in [2.24, 2.45) is 0 Å². The van der Waals surface area contributed by atoms with Crippen LogP contribution in [0.25, 0.3) is 0 Å². The zero-order chi connectivity index (χ0) is 19.9. The Morgan fingerprint density at radius 1 is 1.36 bits per heavy atom. The quantitative estimate of drug-likeness (QED) is 0.542. The fourth-order valence-electron chi connectivity index (χ4n) is 2.87. The van der Waals surface area contributed by atoms with Crippen LogP contribution in [-0.2, 0) is 16.1 Å². The maximum absolute atomic E-state index is 12.4. The van der Waals surface area contributed by atoms with Gasteiger partial charge in [-0.1, -0.05) is 11.8 Å². The standard InChI is InChI=1S/C18H22N6O2S2/c1-3-24-17(23-6-8-26-9-7-23)21-22-18(24)27-11-16(25)20-15-5-4-14(28-12-19)10-13(15)2/h4-5,10H,3,6-9,11H2,1-2H3,(H,20,25). The molecule has 0 bridgehead atoms. The van der Waals surface area contributed by atoms with Crippen LogP contribution in [0.5, 0.6) is 0 Å². The van der Waals surface area contributed by atoms with Crippen LogP contribution in [0.3, 0.4) is 0 Å². The number of nitrogens with zero attached hydrogens (tertiary/aromatic N) is 5. The number of nitriles is 1. The van der Waals surface area contributed by atoms with Gasteiger partial charge in [0, 0.05) is 30.2 Å². The predicted molar refractivity (Wildman–Crippen MR) is 111 cm³/mol. The molecule has 10 heteroatoms. The highest BCUT2D eigenvalue weighted by Gasteiger charge is 2.20. The first kappa shape index (κ1) is 20.5. The van der Waals surface area contributed by atoms with E-state index < -0.39 is 0 Å². The molecule has 0 unspecified atom stereocenters. The number of hydrogen-bond acceptors (Lipinski definition) is 8. The normalized spacial score (nSPS) is 14.0. The SMILES string of the molecule is CCn1c(SCC(=O)Nc2ccc(SC#N)cc2C)nnc1N1CCOCC1. The summed E-state index contributed by atoms with van der Waals surface area (Å²) in [4.78, 5) is 15.4.